The van der Waals surface area contributed by atoms with Gasteiger partial charge in [-0.05, 0) is 62.6 Å². The number of aryl methyl sites for hydroxylation is 4. The summed E-state index contributed by atoms with van der Waals surface area (Å²) < 4.78 is 2.04. The van der Waals surface area contributed by atoms with E-state index in [1.165, 1.54) is 16.7 Å². The molecule has 0 bridgehead atoms. The Balaban J connectivity index is 2.03. The van der Waals surface area contributed by atoms with Gasteiger partial charge < -0.3 is 5.32 Å². The van der Waals surface area contributed by atoms with Gasteiger partial charge in [-0.15, -0.1) is 0 Å². The minimum atomic E-state index is 0.615. The van der Waals surface area contributed by atoms with Crippen LogP contribution in [0.25, 0.3) is 16.7 Å². The monoisotopic (exact) mass is 340 g/mol. The number of hydrogen-bond acceptors (Lipinski definition) is 3. The second-order valence-corrected chi connectivity index (χ2v) is 6.86. The molecule has 0 saturated heterocycles. The van der Waals surface area contributed by atoms with Crippen molar-refractivity contribution in [1.29, 1.82) is 5.26 Å². The van der Waals surface area contributed by atoms with Crippen LogP contribution in [-0.4, -0.2) is 9.38 Å². The smallest absolute Gasteiger partial charge is 0.157 e. The number of para-hydroxylation sites is 2. The van der Waals surface area contributed by atoms with E-state index in [2.05, 4.69) is 44.3 Å². The van der Waals surface area contributed by atoms with E-state index < -0.39 is 0 Å². The molecule has 0 atom stereocenters. The fourth-order valence-electron chi connectivity index (χ4n) is 3.69. The van der Waals surface area contributed by atoms with Crippen molar-refractivity contribution >= 4 is 28.2 Å². The second-order valence-electron chi connectivity index (χ2n) is 6.86. The Hall–Kier alpha value is -3.32. The first-order valence-corrected chi connectivity index (χ1v) is 8.65. The summed E-state index contributed by atoms with van der Waals surface area (Å²) in [5, 5.41) is 13.2. The fourth-order valence-corrected chi connectivity index (χ4v) is 3.69. The minimum Gasteiger partial charge on any atom is -0.341 e. The largest absolute Gasteiger partial charge is 0.341 e. The first-order chi connectivity index (χ1) is 12.5. The average Bonchev–Trinajstić information content (AvgIpc) is 2.97. The number of nitrogens with one attached hydrogen (secondary N) is 1. The Morgan fingerprint density at radius 1 is 0.962 bits per heavy atom. The SMILES string of the molecule is Cc1cc(C)c(Nc2cc(C)c(C#N)c3nc4ccccc4n23)c(C)c1. The number of pyridine rings is 1. The van der Waals surface area contributed by atoms with Crippen LogP contribution in [0, 0.1) is 39.0 Å². The van der Waals surface area contributed by atoms with Gasteiger partial charge in [0.1, 0.15) is 11.9 Å². The van der Waals surface area contributed by atoms with E-state index in [9.17, 15) is 5.26 Å². The summed E-state index contributed by atoms with van der Waals surface area (Å²) in [5.41, 5.74) is 8.84. The predicted octanol–water partition coefficient (Wildman–Crippen LogP) is 5.34. The molecule has 2 heterocycles. The topological polar surface area (TPSA) is 53.1 Å². The molecule has 1 N–H and O–H groups in total. The van der Waals surface area contributed by atoms with E-state index in [1.54, 1.807) is 0 Å². The van der Waals surface area contributed by atoms with Crippen LogP contribution < -0.4 is 5.32 Å². The molecular formula is C22H20N4. The molecule has 0 aliphatic carbocycles. The Morgan fingerprint density at radius 3 is 2.35 bits per heavy atom. The highest BCUT2D eigenvalue weighted by atomic mass is 15.1. The number of fused-ring (bicyclic) bond motifs is 3. The van der Waals surface area contributed by atoms with Crippen LogP contribution in [0.1, 0.15) is 27.8 Å². The first-order valence-electron chi connectivity index (χ1n) is 8.65. The Bertz CT molecular complexity index is 1190. The zero-order valence-electron chi connectivity index (χ0n) is 15.4. The zero-order valence-corrected chi connectivity index (χ0v) is 15.4. The average molecular weight is 340 g/mol. The van der Waals surface area contributed by atoms with Crippen LogP contribution >= 0.6 is 0 Å². The number of nitriles is 1. The third-order valence-corrected chi connectivity index (χ3v) is 4.81. The molecule has 0 aliphatic rings. The summed E-state index contributed by atoms with van der Waals surface area (Å²) in [5.74, 6) is 0.917. The van der Waals surface area contributed by atoms with E-state index in [4.69, 9.17) is 4.98 Å². The van der Waals surface area contributed by atoms with E-state index in [-0.39, 0.29) is 0 Å². The summed E-state index contributed by atoms with van der Waals surface area (Å²) >= 11 is 0. The van der Waals surface area contributed by atoms with Crippen molar-refractivity contribution in [3.05, 3.63) is 70.3 Å². The van der Waals surface area contributed by atoms with Crippen LogP contribution in [0.5, 0.6) is 0 Å². The van der Waals surface area contributed by atoms with Gasteiger partial charge in [0.2, 0.25) is 0 Å². The second kappa shape index (κ2) is 5.89. The lowest BCUT2D eigenvalue weighted by Crippen LogP contribution is -2.04. The number of imidazole rings is 1. The quantitative estimate of drug-likeness (QED) is 0.536. The first kappa shape index (κ1) is 16.2. The van der Waals surface area contributed by atoms with Crippen LogP contribution in [0.4, 0.5) is 11.5 Å². The third-order valence-electron chi connectivity index (χ3n) is 4.81. The van der Waals surface area contributed by atoms with Gasteiger partial charge in [-0.3, -0.25) is 4.40 Å². The van der Waals surface area contributed by atoms with Crippen molar-refractivity contribution in [2.24, 2.45) is 0 Å². The standard InChI is InChI=1S/C22H20N4/c1-13-9-15(3)21(16(4)10-13)25-20-11-14(2)17(12-23)22-24-18-7-5-6-8-19(18)26(20)22/h5-11,25H,1-4H3. The van der Waals surface area contributed by atoms with Crippen molar-refractivity contribution < 1.29 is 0 Å². The van der Waals surface area contributed by atoms with E-state index in [0.717, 1.165) is 28.1 Å². The highest BCUT2D eigenvalue weighted by Gasteiger charge is 2.16. The molecule has 0 radical (unpaired) electrons. The normalized spacial score (nSPS) is 11.0. The summed E-state index contributed by atoms with van der Waals surface area (Å²) in [6.45, 7) is 8.29. The summed E-state index contributed by atoms with van der Waals surface area (Å²) in [4.78, 5) is 4.71. The lowest BCUT2D eigenvalue weighted by Gasteiger charge is -2.17. The molecule has 2 aromatic carbocycles. The van der Waals surface area contributed by atoms with Crippen LogP contribution in [0.2, 0.25) is 0 Å². The molecule has 26 heavy (non-hydrogen) atoms. The molecule has 0 unspecified atom stereocenters. The zero-order chi connectivity index (χ0) is 18.4. The number of benzene rings is 2. The van der Waals surface area contributed by atoms with Gasteiger partial charge >= 0.3 is 0 Å². The fraction of sp³-hybridized carbons (Fsp3) is 0.182. The maximum atomic E-state index is 9.62. The minimum absolute atomic E-state index is 0.615. The van der Waals surface area contributed by atoms with Crippen LogP contribution in [0.3, 0.4) is 0 Å². The number of nitrogens with zero attached hydrogens (tertiary/aromatic N) is 3. The third kappa shape index (κ3) is 2.41. The van der Waals surface area contributed by atoms with Gasteiger partial charge in [0, 0.05) is 5.69 Å². The molecule has 0 aliphatic heterocycles. The number of hydrogen-bond donors (Lipinski definition) is 1. The van der Waals surface area contributed by atoms with Crippen LogP contribution in [-0.2, 0) is 0 Å². The molecule has 0 fully saturated rings. The molecule has 2 aromatic heterocycles. The summed E-state index contributed by atoms with van der Waals surface area (Å²) in [7, 11) is 0. The van der Waals surface area contributed by atoms with Gasteiger partial charge in [-0.25, -0.2) is 4.98 Å². The van der Waals surface area contributed by atoms with Crippen molar-refractivity contribution in [3.63, 3.8) is 0 Å². The van der Waals surface area contributed by atoms with Crippen molar-refractivity contribution in [2.45, 2.75) is 27.7 Å². The van der Waals surface area contributed by atoms with E-state index in [0.29, 0.717) is 11.2 Å². The van der Waals surface area contributed by atoms with Gasteiger partial charge in [-0.2, -0.15) is 5.26 Å². The van der Waals surface area contributed by atoms with Crippen LogP contribution in [0.15, 0.2) is 42.5 Å². The van der Waals surface area contributed by atoms with Gasteiger partial charge in [0.25, 0.3) is 0 Å². The highest BCUT2D eigenvalue weighted by Crippen LogP contribution is 2.31. The van der Waals surface area contributed by atoms with Gasteiger partial charge in [0.05, 0.1) is 16.6 Å². The molecule has 4 aromatic rings. The van der Waals surface area contributed by atoms with E-state index >= 15 is 0 Å². The number of aromatic nitrogens is 2. The molecule has 0 spiro atoms. The molecule has 0 saturated carbocycles. The molecule has 4 nitrogen and oxygen atoms in total. The molecular weight excluding hydrogens is 320 g/mol. The molecule has 4 heteroatoms. The lowest BCUT2D eigenvalue weighted by atomic mass is 10.0. The number of rotatable bonds is 2. The maximum Gasteiger partial charge on any atom is 0.157 e. The van der Waals surface area contributed by atoms with Crippen molar-refractivity contribution in [3.8, 4) is 6.07 Å². The Morgan fingerprint density at radius 2 is 1.65 bits per heavy atom. The molecule has 128 valence electrons. The highest BCUT2D eigenvalue weighted by molar-refractivity contribution is 5.86. The summed E-state index contributed by atoms with van der Waals surface area (Å²) in [6.07, 6.45) is 0. The van der Waals surface area contributed by atoms with E-state index in [1.807, 2.05) is 41.7 Å². The Kier molecular flexibility index (Phi) is 3.66. The van der Waals surface area contributed by atoms with Crippen molar-refractivity contribution in [1.82, 2.24) is 9.38 Å². The van der Waals surface area contributed by atoms with Gasteiger partial charge in [-0.1, -0.05) is 29.8 Å². The molecule has 0 amide bonds. The number of anilines is 2. The van der Waals surface area contributed by atoms with Crippen molar-refractivity contribution in [2.75, 3.05) is 5.32 Å². The maximum absolute atomic E-state index is 9.62. The Labute approximate surface area is 152 Å². The van der Waals surface area contributed by atoms with Gasteiger partial charge in [0.15, 0.2) is 5.65 Å². The summed E-state index contributed by atoms with van der Waals surface area (Å²) in [6, 6.07) is 16.7. The lowest BCUT2D eigenvalue weighted by molar-refractivity contribution is 1.18. The molecule has 4 rings (SSSR count). The predicted molar refractivity (Wildman–Crippen MR) is 106 cm³/mol.